The van der Waals surface area contributed by atoms with Crippen LogP contribution in [0.2, 0.25) is 0 Å². The Morgan fingerprint density at radius 1 is 1.05 bits per heavy atom. The van der Waals surface area contributed by atoms with Gasteiger partial charge in [0.2, 0.25) is 0 Å². The minimum Gasteiger partial charge on any atom is -0.462 e. The zero-order valence-electron chi connectivity index (χ0n) is 26.8. The van der Waals surface area contributed by atoms with E-state index in [0.717, 1.165) is 37.0 Å². The molecule has 0 spiro atoms. The molecule has 8 atom stereocenters. The molecule has 4 fully saturated rings. The number of allylic oxidation sites excluding steroid dienone is 1. The average Bonchev–Trinajstić information content (AvgIpc) is 3.54. The molecule has 5 aliphatic carbocycles. The van der Waals surface area contributed by atoms with Crippen LogP contribution < -0.4 is 10.7 Å². The summed E-state index contributed by atoms with van der Waals surface area (Å²) in [6.07, 6.45) is 19.6. The summed E-state index contributed by atoms with van der Waals surface area (Å²) in [4.78, 5) is 11.8. The number of ether oxygens (including phenoxy) is 1. The Hall–Kier alpha value is -1.43. The number of hydrogen-bond donors (Lipinski definition) is 2. The Bertz CT molecular complexity index is 1030. The lowest BCUT2D eigenvalue weighted by atomic mass is 9.46. The first-order valence-electron chi connectivity index (χ1n) is 17.0. The third-order valence-electron chi connectivity index (χ3n) is 12.4. The van der Waals surface area contributed by atoms with Crippen LogP contribution in [0.15, 0.2) is 16.8 Å². The van der Waals surface area contributed by atoms with Crippen LogP contribution in [-0.4, -0.2) is 28.9 Å². The fourth-order valence-electron chi connectivity index (χ4n) is 10.3. The minimum absolute atomic E-state index is 0.0147. The van der Waals surface area contributed by atoms with Crippen LogP contribution in [-0.2, 0) is 9.53 Å². The first-order chi connectivity index (χ1) is 19.5. The summed E-state index contributed by atoms with van der Waals surface area (Å²) in [6, 6.07) is 0.476. The molecule has 5 nitrogen and oxygen atoms in total. The average molecular weight is 584 g/mol. The summed E-state index contributed by atoms with van der Waals surface area (Å²) in [5, 5.41) is 9.31. The van der Waals surface area contributed by atoms with Crippen molar-refractivity contribution in [2.45, 2.75) is 144 Å². The Morgan fingerprint density at radius 3 is 2.51 bits per heavy atom. The van der Waals surface area contributed by atoms with Crippen molar-refractivity contribution < 1.29 is 9.53 Å². The monoisotopic (exact) mass is 583 g/mol. The predicted octanol–water partition coefficient (Wildman–Crippen LogP) is 8.33. The Labute approximate surface area is 255 Å². The summed E-state index contributed by atoms with van der Waals surface area (Å²) in [5.41, 5.74) is 6.47. The molecule has 0 heterocycles. The van der Waals surface area contributed by atoms with Gasteiger partial charge in [-0.15, -0.1) is 0 Å². The maximum atomic E-state index is 11.8. The van der Waals surface area contributed by atoms with Crippen LogP contribution in [0.3, 0.4) is 0 Å². The van der Waals surface area contributed by atoms with Crippen molar-refractivity contribution in [2.24, 2.45) is 51.4 Å². The van der Waals surface area contributed by atoms with Gasteiger partial charge < -0.3 is 10.1 Å². The number of carbonyl (C=O) groups excluding carboxylic acids is 1. The maximum absolute atomic E-state index is 11.8. The minimum atomic E-state index is -0.167. The standard InChI is InChI=1S/C35H57N3O2S/c1-22(2)10-9-11-23(3)28-14-15-29-32-30(17-19-35(28,29)6)34(5)18-16-27(40-24(4)39)20-25(34)21-31(32)37-38-33(41)36-26-12-7-8-13-26/h21-23,26-30,32H,7-20H2,1-6H3,(H2,36,38,41)/b37-31-/t23-,27+,28-,29+,30+,32+,34+,35-/m1/s1. The lowest BCUT2D eigenvalue weighted by molar-refractivity contribution is -0.148. The van der Waals surface area contributed by atoms with Crippen molar-refractivity contribution in [1.82, 2.24) is 10.7 Å². The van der Waals surface area contributed by atoms with E-state index in [9.17, 15) is 4.79 Å². The summed E-state index contributed by atoms with van der Waals surface area (Å²) >= 11 is 5.73. The highest BCUT2D eigenvalue weighted by molar-refractivity contribution is 7.80. The van der Waals surface area contributed by atoms with Gasteiger partial charge in [-0.2, -0.15) is 5.10 Å². The van der Waals surface area contributed by atoms with Gasteiger partial charge in [-0.3, -0.25) is 10.2 Å². The van der Waals surface area contributed by atoms with E-state index >= 15 is 0 Å². The van der Waals surface area contributed by atoms with Crippen LogP contribution in [0, 0.1) is 46.3 Å². The molecule has 0 aliphatic heterocycles. The molecule has 5 rings (SSSR count). The van der Waals surface area contributed by atoms with Gasteiger partial charge in [0.15, 0.2) is 5.11 Å². The molecule has 2 N–H and O–H groups in total. The number of hydrazone groups is 1. The van der Waals surface area contributed by atoms with Gasteiger partial charge in [-0.05, 0) is 110 Å². The van der Waals surface area contributed by atoms with E-state index in [-0.39, 0.29) is 17.5 Å². The SMILES string of the molecule is CC(=O)O[C@H]1CC[C@@]2(C)C(=C/C(=N/NC(=S)NC3CCCC3)[C@H]3[C@@H]4CC[C@H]([C@H](C)CCCC(C)C)[C@@]4(C)CC[C@@H]32)C1. The van der Waals surface area contributed by atoms with Crippen molar-refractivity contribution in [1.29, 1.82) is 0 Å². The summed E-state index contributed by atoms with van der Waals surface area (Å²) in [5.74, 6) is 3.93. The molecule has 0 radical (unpaired) electrons. The Kier molecular flexibility index (Phi) is 9.58. The smallest absolute Gasteiger partial charge is 0.302 e. The van der Waals surface area contributed by atoms with Crippen LogP contribution in [0.4, 0.5) is 0 Å². The van der Waals surface area contributed by atoms with E-state index in [1.807, 2.05) is 0 Å². The number of esters is 1. The summed E-state index contributed by atoms with van der Waals surface area (Å²) in [6.45, 7) is 13.9. The number of carbonyl (C=O) groups is 1. The van der Waals surface area contributed by atoms with Crippen molar-refractivity contribution in [2.75, 3.05) is 0 Å². The van der Waals surface area contributed by atoms with Crippen molar-refractivity contribution in [3.63, 3.8) is 0 Å². The number of hydrogen-bond acceptors (Lipinski definition) is 4. The van der Waals surface area contributed by atoms with Crippen LogP contribution in [0.25, 0.3) is 0 Å². The molecule has 0 aromatic rings. The molecule has 4 saturated carbocycles. The Morgan fingerprint density at radius 2 is 1.80 bits per heavy atom. The van der Waals surface area contributed by atoms with E-state index in [2.05, 4.69) is 51.4 Å². The maximum Gasteiger partial charge on any atom is 0.302 e. The van der Waals surface area contributed by atoms with Gasteiger partial charge in [0.1, 0.15) is 6.10 Å². The Balaban J connectivity index is 1.41. The zero-order chi connectivity index (χ0) is 29.4. The van der Waals surface area contributed by atoms with Crippen molar-refractivity contribution in [3.8, 4) is 0 Å². The number of nitrogens with one attached hydrogen (secondary N) is 2. The second kappa shape index (κ2) is 12.7. The lowest BCUT2D eigenvalue weighted by Gasteiger charge is -2.58. The van der Waals surface area contributed by atoms with Crippen LogP contribution in [0.5, 0.6) is 0 Å². The number of thiocarbonyl (C=S) groups is 1. The molecule has 0 aromatic carbocycles. The molecular formula is C35H57N3O2S. The number of fused-ring (bicyclic) bond motifs is 5. The lowest BCUT2D eigenvalue weighted by Crippen LogP contribution is -2.54. The molecule has 0 amide bonds. The first kappa shape index (κ1) is 31.0. The van der Waals surface area contributed by atoms with E-state index in [0.29, 0.717) is 34.3 Å². The second-order valence-corrected chi connectivity index (χ2v) is 15.8. The second-order valence-electron chi connectivity index (χ2n) is 15.4. The van der Waals surface area contributed by atoms with E-state index in [1.165, 1.54) is 88.8 Å². The molecular weight excluding hydrogens is 526 g/mol. The zero-order valence-corrected chi connectivity index (χ0v) is 27.6. The van der Waals surface area contributed by atoms with Gasteiger partial charge in [-0.1, -0.05) is 72.3 Å². The quantitative estimate of drug-likeness (QED) is 0.171. The molecule has 5 aliphatic rings. The molecule has 41 heavy (non-hydrogen) atoms. The van der Waals surface area contributed by atoms with Gasteiger partial charge in [-0.25, -0.2) is 0 Å². The van der Waals surface area contributed by atoms with Crippen LogP contribution >= 0.6 is 12.2 Å². The molecule has 0 unspecified atom stereocenters. The van der Waals surface area contributed by atoms with Gasteiger partial charge >= 0.3 is 5.97 Å². The molecule has 0 bridgehead atoms. The first-order valence-corrected chi connectivity index (χ1v) is 17.4. The normalized spacial score (nSPS) is 38.6. The van der Waals surface area contributed by atoms with E-state index in [1.54, 1.807) is 0 Å². The third-order valence-corrected chi connectivity index (χ3v) is 12.6. The van der Waals surface area contributed by atoms with Gasteiger partial charge in [0, 0.05) is 25.3 Å². The number of rotatable bonds is 8. The summed E-state index contributed by atoms with van der Waals surface area (Å²) in [7, 11) is 0. The van der Waals surface area contributed by atoms with Crippen molar-refractivity contribution >= 4 is 29.0 Å². The highest BCUT2D eigenvalue weighted by Gasteiger charge is 2.61. The van der Waals surface area contributed by atoms with Gasteiger partial charge in [0.25, 0.3) is 0 Å². The topological polar surface area (TPSA) is 62.7 Å². The summed E-state index contributed by atoms with van der Waals surface area (Å²) < 4.78 is 5.74. The highest BCUT2D eigenvalue weighted by Crippen LogP contribution is 2.67. The molecule has 0 aromatic heterocycles. The number of nitrogens with zero attached hydrogens (tertiary/aromatic N) is 1. The van der Waals surface area contributed by atoms with Crippen LogP contribution in [0.1, 0.15) is 131 Å². The van der Waals surface area contributed by atoms with E-state index < -0.39 is 0 Å². The van der Waals surface area contributed by atoms with E-state index in [4.69, 9.17) is 22.1 Å². The fourth-order valence-corrected chi connectivity index (χ4v) is 10.5. The predicted molar refractivity (Wildman–Crippen MR) is 173 cm³/mol. The van der Waals surface area contributed by atoms with Crippen molar-refractivity contribution in [3.05, 3.63) is 11.6 Å². The molecule has 230 valence electrons. The fraction of sp³-hybridized carbons (Fsp3) is 0.857. The van der Waals surface area contributed by atoms with Gasteiger partial charge in [0.05, 0.1) is 5.71 Å². The molecule has 0 saturated heterocycles. The highest BCUT2D eigenvalue weighted by atomic mass is 32.1. The largest absolute Gasteiger partial charge is 0.462 e. The molecule has 6 heteroatoms. The third kappa shape index (κ3) is 6.43.